The molecule has 1 aromatic heterocycles. The highest BCUT2D eigenvalue weighted by Gasteiger charge is 2.11. The van der Waals surface area contributed by atoms with Crippen molar-refractivity contribution in [3.8, 4) is 17.8 Å². The molecule has 20 heavy (non-hydrogen) atoms. The number of benzene rings is 1. The summed E-state index contributed by atoms with van der Waals surface area (Å²) in [5.74, 6) is -0.492. The van der Waals surface area contributed by atoms with Crippen LogP contribution in [0.5, 0.6) is 17.8 Å². The average Bonchev–Trinajstić information content (AvgIpc) is 2.41. The Morgan fingerprint density at radius 2 is 1.95 bits per heavy atom. The Kier molecular flexibility index (Phi) is 4.29. The van der Waals surface area contributed by atoms with E-state index in [2.05, 4.69) is 15.0 Å². The third kappa shape index (κ3) is 3.31. The predicted molar refractivity (Wildman–Crippen MR) is 71.2 cm³/mol. The quantitative estimate of drug-likeness (QED) is 0.904. The summed E-state index contributed by atoms with van der Waals surface area (Å²) >= 11 is 0. The molecular weight excluding hydrogens is 263 g/mol. The van der Waals surface area contributed by atoms with E-state index in [0.29, 0.717) is 12.2 Å². The zero-order chi connectivity index (χ0) is 14.5. The van der Waals surface area contributed by atoms with Gasteiger partial charge in [-0.1, -0.05) is 19.1 Å². The fourth-order valence-corrected chi connectivity index (χ4v) is 1.45. The number of aryl methyl sites for hydroxylation is 1. The fourth-order valence-electron chi connectivity index (χ4n) is 1.45. The van der Waals surface area contributed by atoms with Gasteiger partial charge in [0.15, 0.2) is 11.6 Å². The van der Waals surface area contributed by atoms with Gasteiger partial charge in [0.05, 0.1) is 6.61 Å². The number of aromatic nitrogens is 3. The molecule has 106 valence electrons. The SMILES string of the molecule is CCCOc1nc(N)nc(Oc2cccc(C)c2F)n1. The van der Waals surface area contributed by atoms with Gasteiger partial charge in [-0.3, -0.25) is 0 Å². The van der Waals surface area contributed by atoms with Gasteiger partial charge in [0, 0.05) is 0 Å². The molecule has 0 unspecified atom stereocenters. The maximum absolute atomic E-state index is 13.8. The normalized spacial score (nSPS) is 10.3. The monoisotopic (exact) mass is 278 g/mol. The molecule has 0 atom stereocenters. The Morgan fingerprint density at radius 3 is 2.70 bits per heavy atom. The van der Waals surface area contributed by atoms with Gasteiger partial charge in [-0.15, -0.1) is 4.98 Å². The lowest BCUT2D eigenvalue weighted by molar-refractivity contribution is 0.284. The van der Waals surface area contributed by atoms with E-state index >= 15 is 0 Å². The molecule has 0 aliphatic heterocycles. The van der Waals surface area contributed by atoms with Crippen LogP contribution in [-0.4, -0.2) is 21.6 Å². The highest BCUT2D eigenvalue weighted by molar-refractivity contribution is 5.32. The largest absolute Gasteiger partial charge is 0.463 e. The van der Waals surface area contributed by atoms with Gasteiger partial charge >= 0.3 is 12.0 Å². The summed E-state index contributed by atoms with van der Waals surface area (Å²) in [5.41, 5.74) is 6.00. The summed E-state index contributed by atoms with van der Waals surface area (Å²) in [6.45, 7) is 4.03. The molecule has 2 rings (SSSR count). The fraction of sp³-hybridized carbons (Fsp3) is 0.308. The van der Waals surface area contributed by atoms with Crippen LogP contribution in [0.3, 0.4) is 0 Å². The van der Waals surface area contributed by atoms with Crippen LogP contribution in [0, 0.1) is 12.7 Å². The molecule has 0 fully saturated rings. The average molecular weight is 278 g/mol. The topological polar surface area (TPSA) is 83.2 Å². The molecule has 7 heteroatoms. The predicted octanol–water partition coefficient (Wildman–Crippen LogP) is 2.48. The van der Waals surface area contributed by atoms with Gasteiger partial charge in [-0.25, -0.2) is 4.39 Å². The zero-order valence-electron chi connectivity index (χ0n) is 11.3. The van der Waals surface area contributed by atoms with Gasteiger partial charge in [0.1, 0.15) is 0 Å². The molecule has 1 aromatic carbocycles. The number of ether oxygens (including phenoxy) is 2. The number of hydrogen-bond acceptors (Lipinski definition) is 6. The maximum Gasteiger partial charge on any atom is 0.330 e. The zero-order valence-corrected chi connectivity index (χ0v) is 11.3. The molecule has 0 aliphatic carbocycles. The molecular formula is C13H15FN4O2. The molecule has 6 nitrogen and oxygen atoms in total. The number of hydrogen-bond donors (Lipinski definition) is 1. The van der Waals surface area contributed by atoms with Crippen molar-refractivity contribution >= 4 is 5.95 Å². The summed E-state index contributed by atoms with van der Waals surface area (Å²) in [7, 11) is 0. The Bertz CT molecular complexity index is 607. The van der Waals surface area contributed by atoms with Crippen molar-refractivity contribution in [1.29, 1.82) is 0 Å². The number of halogens is 1. The highest BCUT2D eigenvalue weighted by atomic mass is 19.1. The first-order valence-corrected chi connectivity index (χ1v) is 6.17. The standard InChI is InChI=1S/C13H15FN4O2/c1-3-7-19-12-16-11(15)17-13(18-12)20-9-6-4-5-8(2)10(9)14/h4-6H,3,7H2,1-2H3,(H2,15,16,17,18). The molecule has 2 aromatic rings. The van der Waals surface area contributed by atoms with E-state index in [9.17, 15) is 4.39 Å². The molecule has 0 saturated heterocycles. The van der Waals surface area contributed by atoms with Crippen molar-refractivity contribution in [1.82, 2.24) is 15.0 Å². The van der Waals surface area contributed by atoms with Gasteiger partial charge < -0.3 is 15.2 Å². The van der Waals surface area contributed by atoms with Crippen molar-refractivity contribution < 1.29 is 13.9 Å². The number of nitrogen functional groups attached to an aromatic ring is 1. The number of anilines is 1. The lowest BCUT2D eigenvalue weighted by atomic mass is 10.2. The van der Waals surface area contributed by atoms with Crippen LogP contribution >= 0.6 is 0 Å². The Morgan fingerprint density at radius 1 is 1.20 bits per heavy atom. The van der Waals surface area contributed by atoms with E-state index in [-0.39, 0.29) is 23.7 Å². The molecule has 0 spiro atoms. The van der Waals surface area contributed by atoms with Gasteiger partial charge in [0.2, 0.25) is 5.95 Å². The van der Waals surface area contributed by atoms with Crippen LogP contribution in [0.25, 0.3) is 0 Å². The number of rotatable bonds is 5. The smallest absolute Gasteiger partial charge is 0.330 e. The summed E-state index contributed by atoms with van der Waals surface area (Å²) in [6.07, 6.45) is 0.800. The molecule has 0 amide bonds. The summed E-state index contributed by atoms with van der Waals surface area (Å²) < 4.78 is 24.4. The third-order valence-corrected chi connectivity index (χ3v) is 2.40. The lowest BCUT2D eigenvalue weighted by Gasteiger charge is -2.08. The van der Waals surface area contributed by atoms with E-state index in [0.717, 1.165) is 6.42 Å². The molecule has 1 heterocycles. The Balaban J connectivity index is 2.24. The minimum Gasteiger partial charge on any atom is -0.463 e. The van der Waals surface area contributed by atoms with Crippen LogP contribution in [0.15, 0.2) is 18.2 Å². The molecule has 0 bridgehead atoms. The van der Waals surface area contributed by atoms with Crippen LogP contribution in [0.4, 0.5) is 10.3 Å². The second-order valence-electron chi connectivity index (χ2n) is 4.10. The van der Waals surface area contributed by atoms with Crippen molar-refractivity contribution in [2.45, 2.75) is 20.3 Å². The molecule has 2 N–H and O–H groups in total. The van der Waals surface area contributed by atoms with Crippen molar-refractivity contribution in [2.75, 3.05) is 12.3 Å². The van der Waals surface area contributed by atoms with E-state index in [1.54, 1.807) is 19.1 Å². The van der Waals surface area contributed by atoms with Crippen molar-refractivity contribution in [3.63, 3.8) is 0 Å². The van der Waals surface area contributed by atoms with Crippen LogP contribution in [0.2, 0.25) is 0 Å². The first-order chi connectivity index (χ1) is 9.60. The van der Waals surface area contributed by atoms with Gasteiger partial charge in [-0.2, -0.15) is 9.97 Å². The van der Waals surface area contributed by atoms with Crippen molar-refractivity contribution in [3.05, 3.63) is 29.6 Å². The first kappa shape index (κ1) is 14.0. The van der Waals surface area contributed by atoms with E-state index in [4.69, 9.17) is 15.2 Å². The molecule has 0 radical (unpaired) electrons. The maximum atomic E-state index is 13.8. The van der Waals surface area contributed by atoms with E-state index < -0.39 is 5.82 Å². The Labute approximate surface area is 115 Å². The Hall–Kier alpha value is -2.44. The third-order valence-electron chi connectivity index (χ3n) is 2.40. The summed E-state index contributed by atoms with van der Waals surface area (Å²) in [5, 5.41) is 0. The summed E-state index contributed by atoms with van der Waals surface area (Å²) in [6, 6.07) is 4.75. The first-order valence-electron chi connectivity index (χ1n) is 6.17. The summed E-state index contributed by atoms with van der Waals surface area (Å²) in [4.78, 5) is 11.5. The van der Waals surface area contributed by atoms with E-state index in [1.807, 2.05) is 6.92 Å². The minimum atomic E-state index is -0.470. The van der Waals surface area contributed by atoms with Gasteiger partial charge in [0.25, 0.3) is 0 Å². The highest BCUT2D eigenvalue weighted by Crippen LogP contribution is 2.24. The second kappa shape index (κ2) is 6.14. The van der Waals surface area contributed by atoms with Gasteiger partial charge in [-0.05, 0) is 25.0 Å². The van der Waals surface area contributed by atoms with Crippen LogP contribution in [0.1, 0.15) is 18.9 Å². The van der Waals surface area contributed by atoms with Crippen molar-refractivity contribution in [2.24, 2.45) is 0 Å². The minimum absolute atomic E-state index is 0.0250. The van der Waals surface area contributed by atoms with Crippen LogP contribution in [-0.2, 0) is 0 Å². The second-order valence-corrected chi connectivity index (χ2v) is 4.10. The van der Waals surface area contributed by atoms with E-state index in [1.165, 1.54) is 6.07 Å². The number of nitrogens with zero attached hydrogens (tertiary/aromatic N) is 3. The molecule has 0 saturated carbocycles. The molecule has 0 aliphatic rings. The van der Waals surface area contributed by atoms with Crippen LogP contribution < -0.4 is 15.2 Å². The lowest BCUT2D eigenvalue weighted by Crippen LogP contribution is -2.06. The number of nitrogens with two attached hydrogens (primary N) is 1.